The molecular weight excluding hydrogens is 130 g/mol. The van der Waals surface area contributed by atoms with Crippen LogP contribution in [0.25, 0.3) is 0 Å². The van der Waals surface area contributed by atoms with E-state index in [-0.39, 0.29) is 0 Å². The fourth-order valence-corrected chi connectivity index (χ4v) is 0.974. The first kappa shape index (κ1) is 7.54. The van der Waals surface area contributed by atoms with Gasteiger partial charge in [-0.15, -0.1) is 0 Å². The van der Waals surface area contributed by atoms with Crippen molar-refractivity contribution in [3.63, 3.8) is 0 Å². The van der Waals surface area contributed by atoms with E-state index in [4.69, 9.17) is 5.11 Å². The van der Waals surface area contributed by atoms with Gasteiger partial charge in [-0.2, -0.15) is 0 Å². The highest BCUT2D eigenvalue weighted by Crippen LogP contribution is 2.29. The molecule has 0 atom stereocenters. The topological polar surface area (TPSA) is 49.3 Å². The number of nitrogens with one attached hydrogen (secondary N) is 1. The molecular formula is C7H13NO2. The van der Waals surface area contributed by atoms with Crippen molar-refractivity contribution in [2.75, 3.05) is 13.1 Å². The van der Waals surface area contributed by atoms with Crippen molar-refractivity contribution in [1.82, 2.24) is 5.32 Å². The zero-order valence-electron chi connectivity index (χ0n) is 6.35. The van der Waals surface area contributed by atoms with Crippen LogP contribution in [0, 0.1) is 11.3 Å². The molecule has 3 heteroatoms. The van der Waals surface area contributed by atoms with E-state index in [9.17, 15) is 4.79 Å². The Bertz CT molecular complexity index is 150. The van der Waals surface area contributed by atoms with E-state index >= 15 is 0 Å². The molecule has 0 radical (unpaired) electrons. The first-order chi connectivity index (χ1) is 4.55. The van der Waals surface area contributed by atoms with Gasteiger partial charge < -0.3 is 10.4 Å². The molecule has 1 aliphatic rings. The van der Waals surface area contributed by atoms with Crippen LogP contribution in [-0.2, 0) is 4.79 Å². The lowest BCUT2D eigenvalue weighted by Gasteiger charge is -2.37. The van der Waals surface area contributed by atoms with Crippen LogP contribution in [0.15, 0.2) is 0 Å². The van der Waals surface area contributed by atoms with Crippen molar-refractivity contribution < 1.29 is 9.90 Å². The molecule has 0 aliphatic carbocycles. The third-order valence-corrected chi connectivity index (χ3v) is 2.35. The maximum Gasteiger partial charge on any atom is 0.309 e. The summed E-state index contributed by atoms with van der Waals surface area (Å²) in [6.07, 6.45) is 0. The molecule has 1 aliphatic heterocycles. The third-order valence-electron chi connectivity index (χ3n) is 2.35. The summed E-state index contributed by atoms with van der Waals surface area (Å²) in [5.74, 6) is -0.385. The molecule has 0 spiro atoms. The highest BCUT2D eigenvalue weighted by Gasteiger charge is 2.39. The number of carboxylic acid groups (broad SMARTS) is 1. The molecule has 2 N–H and O–H groups in total. The Labute approximate surface area is 60.4 Å². The minimum atomic E-state index is -0.695. The summed E-state index contributed by atoms with van der Waals surface area (Å²) in [6, 6.07) is 0. The number of hydrogen-bond donors (Lipinski definition) is 2. The van der Waals surface area contributed by atoms with Gasteiger partial charge >= 0.3 is 5.97 Å². The van der Waals surface area contributed by atoms with Crippen molar-refractivity contribution in [3.05, 3.63) is 0 Å². The smallest absolute Gasteiger partial charge is 0.309 e. The SMILES string of the molecule is CC(C)(C(=O)O)C1CNC1. The molecule has 0 saturated carbocycles. The zero-order chi connectivity index (χ0) is 7.78. The Kier molecular flexibility index (Phi) is 1.68. The number of hydrogen-bond acceptors (Lipinski definition) is 2. The van der Waals surface area contributed by atoms with E-state index < -0.39 is 11.4 Å². The first-order valence-electron chi connectivity index (χ1n) is 3.49. The fraction of sp³-hybridized carbons (Fsp3) is 0.857. The molecule has 3 nitrogen and oxygen atoms in total. The van der Waals surface area contributed by atoms with Crippen LogP contribution in [0.3, 0.4) is 0 Å². The second-order valence-corrected chi connectivity index (χ2v) is 3.38. The van der Waals surface area contributed by atoms with Gasteiger partial charge in [0, 0.05) is 13.1 Å². The lowest BCUT2D eigenvalue weighted by Crippen LogP contribution is -2.52. The van der Waals surface area contributed by atoms with Gasteiger partial charge in [-0.25, -0.2) is 0 Å². The number of rotatable bonds is 2. The summed E-state index contributed by atoms with van der Waals surface area (Å²) < 4.78 is 0. The molecule has 58 valence electrons. The van der Waals surface area contributed by atoms with Crippen molar-refractivity contribution >= 4 is 5.97 Å². The van der Waals surface area contributed by atoms with E-state index in [2.05, 4.69) is 5.32 Å². The predicted octanol–water partition coefficient (Wildman–Crippen LogP) is 0.317. The maximum absolute atomic E-state index is 10.6. The molecule has 0 unspecified atom stereocenters. The van der Waals surface area contributed by atoms with Crippen LogP contribution >= 0.6 is 0 Å². The highest BCUT2D eigenvalue weighted by molar-refractivity contribution is 5.74. The number of carboxylic acids is 1. The monoisotopic (exact) mass is 143 g/mol. The number of carbonyl (C=O) groups is 1. The quantitative estimate of drug-likeness (QED) is 0.585. The summed E-state index contributed by atoms with van der Waals surface area (Å²) in [5.41, 5.74) is -0.550. The van der Waals surface area contributed by atoms with Gasteiger partial charge in [0.05, 0.1) is 5.41 Å². The second-order valence-electron chi connectivity index (χ2n) is 3.38. The molecule has 10 heavy (non-hydrogen) atoms. The van der Waals surface area contributed by atoms with Crippen LogP contribution in [0.2, 0.25) is 0 Å². The molecule has 0 aromatic rings. The standard InChI is InChI=1S/C7H13NO2/c1-7(2,6(9)10)5-3-8-4-5/h5,8H,3-4H2,1-2H3,(H,9,10). The van der Waals surface area contributed by atoms with Crippen LogP contribution in [-0.4, -0.2) is 24.2 Å². The van der Waals surface area contributed by atoms with Crippen molar-refractivity contribution in [2.45, 2.75) is 13.8 Å². The summed E-state index contributed by atoms with van der Waals surface area (Å²) in [7, 11) is 0. The van der Waals surface area contributed by atoms with Gasteiger partial charge in [0.15, 0.2) is 0 Å². The van der Waals surface area contributed by atoms with Gasteiger partial charge in [-0.1, -0.05) is 0 Å². The average Bonchev–Trinajstić information content (AvgIpc) is 1.57. The largest absolute Gasteiger partial charge is 0.481 e. The van der Waals surface area contributed by atoms with Gasteiger partial charge in [-0.05, 0) is 19.8 Å². The molecule has 0 bridgehead atoms. The van der Waals surface area contributed by atoms with Crippen LogP contribution < -0.4 is 5.32 Å². The normalized spacial score (nSPS) is 20.2. The molecule has 1 rings (SSSR count). The van der Waals surface area contributed by atoms with E-state index in [1.54, 1.807) is 13.8 Å². The Morgan fingerprint density at radius 2 is 2.10 bits per heavy atom. The minimum absolute atomic E-state index is 0.310. The van der Waals surface area contributed by atoms with Gasteiger partial charge in [0.25, 0.3) is 0 Å². The van der Waals surface area contributed by atoms with Crippen molar-refractivity contribution in [2.24, 2.45) is 11.3 Å². The predicted molar refractivity (Wildman–Crippen MR) is 37.8 cm³/mol. The van der Waals surface area contributed by atoms with Crippen LogP contribution in [0.5, 0.6) is 0 Å². The van der Waals surface area contributed by atoms with E-state index in [0.29, 0.717) is 5.92 Å². The van der Waals surface area contributed by atoms with E-state index in [1.165, 1.54) is 0 Å². The summed E-state index contributed by atoms with van der Waals surface area (Å²) in [4.78, 5) is 10.6. The zero-order valence-corrected chi connectivity index (χ0v) is 6.35. The Balaban J connectivity index is 2.57. The second kappa shape index (κ2) is 2.23. The molecule has 0 aromatic heterocycles. The summed E-state index contributed by atoms with van der Waals surface area (Å²) in [5, 5.41) is 11.8. The van der Waals surface area contributed by atoms with Gasteiger partial charge in [0.2, 0.25) is 0 Å². The Hall–Kier alpha value is -0.570. The minimum Gasteiger partial charge on any atom is -0.481 e. The average molecular weight is 143 g/mol. The molecule has 1 saturated heterocycles. The van der Waals surface area contributed by atoms with Gasteiger partial charge in [0.1, 0.15) is 0 Å². The van der Waals surface area contributed by atoms with Crippen molar-refractivity contribution in [3.8, 4) is 0 Å². The van der Waals surface area contributed by atoms with E-state index in [0.717, 1.165) is 13.1 Å². The molecule has 0 amide bonds. The first-order valence-corrected chi connectivity index (χ1v) is 3.49. The van der Waals surface area contributed by atoms with Crippen LogP contribution in [0.1, 0.15) is 13.8 Å². The lowest BCUT2D eigenvalue weighted by molar-refractivity contribution is -0.151. The fourth-order valence-electron chi connectivity index (χ4n) is 0.974. The van der Waals surface area contributed by atoms with Crippen LogP contribution in [0.4, 0.5) is 0 Å². The number of aliphatic carboxylic acids is 1. The maximum atomic E-state index is 10.6. The summed E-state index contributed by atoms with van der Waals surface area (Å²) >= 11 is 0. The Morgan fingerprint density at radius 3 is 2.20 bits per heavy atom. The van der Waals surface area contributed by atoms with Gasteiger partial charge in [-0.3, -0.25) is 4.79 Å². The molecule has 0 aromatic carbocycles. The van der Waals surface area contributed by atoms with E-state index in [1.807, 2.05) is 0 Å². The molecule has 1 heterocycles. The Morgan fingerprint density at radius 1 is 1.60 bits per heavy atom. The third kappa shape index (κ3) is 1.01. The molecule has 1 fully saturated rings. The highest BCUT2D eigenvalue weighted by atomic mass is 16.4. The lowest BCUT2D eigenvalue weighted by atomic mass is 9.75. The van der Waals surface area contributed by atoms with Crippen molar-refractivity contribution in [1.29, 1.82) is 0 Å². The summed E-state index contributed by atoms with van der Waals surface area (Å²) in [6.45, 7) is 5.25.